The van der Waals surface area contributed by atoms with Gasteiger partial charge in [-0.2, -0.15) is 4.98 Å². The number of aryl methyl sites for hydroxylation is 1. The number of carbonyl (C=O) groups excluding carboxylic acids is 1. The molecule has 35 heavy (non-hydrogen) atoms. The smallest absolute Gasteiger partial charge is 0.332 e. The van der Waals surface area contributed by atoms with Gasteiger partial charge < -0.3 is 9.80 Å². The van der Waals surface area contributed by atoms with Gasteiger partial charge in [-0.25, -0.2) is 4.79 Å². The van der Waals surface area contributed by atoms with Crippen molar-refractivity contribution in [3.8, 4) is 0 Å². The Kier molecular flexibility index (Phi) is 5.94. The predicted molar refractivity (Wildman–Crippen MR) is 135 cm³/mol. The van der Waals surface area contributed by atoms with Gasteiger partial charge in [-0.1, -0.05) is 41.9 Å². The fourth-order valence-corrected chi connectivity index (χ4v) is 4.60. The Hall–Kier alpha value is -3.85. The first kappa shape index (κ1) is 22.9. The Bertz CT molecular complexity index is 1510. The molecule has 10 heteroatoms. The highest BCUT2D eigenvalue weighted by molar-refractivity contribution is 6.30. The van der Waals surface area contributed by atoms with E-state index < -0.39 is 5.69 Å². The van der Waals surface area contributed by atoms with E-state index in [0.717, 1.165) is 10.1 Å². The van der Waals surface area contributed by atoms with Crippen LogP contribution in [0.25, 0.3) is 11.2 Å². The van der Waals surface area contributed by atoms with Crippen molar-refractivity contribution in [2.24, 2.45) is 14.1 Å². The average Bonchev–Trinajstić information content (AvgIpc) is 3.26. The van der Waals surface area contributed by atoms with E-state index in [1.807, 2.05) is 34.9 Å². The van der Waals surface area contributed by atoms with Crippen molar-refractivity contribution < 1.29 is 4.79 Å². The summed E-state index contributed by atoms with van der Waals surface area (Å²) in [7, 11) is 3.10. The van der Waals surface area contributed by atoms with Crippen molar-refractivity contribution in [3.63, 3.8) is 0 Å². The summed E-state index contributed by atoms with van der Waals surface area (Å²) in [6.45, 7) is 2.54. The molecule has 2 aromatic heterocycles. The van der Waals surface area contributed by atoms with E-state index in [0.29, 0.717) is 60.4 Å². The molecule has 3 heterocycles. The number of amides is 1. The van der Waals surface area contributed by atoms with Crippen molar-refractivity contribution in [1.29, 1.82) is 0 Å². The van der Waals surface area contributed by atoms with E-state index in [4.69, 9.17) is 16.6 Å². The Morgan fingerprint density at radius 1 is 0.914 bits per heavy atom. The first-order valence-electron chi connectivity index (χ1n) is 11.3. The fraction of sp³-hybridized carbons (Fsp3) is 0.280. The van der Waals surface area contributed by atoms with Crippen LogP contribution in [0.3, 0.4) is 0 Å². The molecule has 0 saturated carbocycles. The summed E-state index contributed by atoms with van der Waals surface area (Å²) in [6, 6.07) is 16.7. The van der Waals surface area contributed by atoms with Gasteiger partial charge in [0.25, 0.3) is 11.5 Å². The van der Waals surface area contributed by atoms with Crippen LogP contribution in [0.2, 0.25) is 5.02 Å². The van der Waals surface area contributed by atoms with E-state index in [1.54, 1.807) is 36.2 Å². The number of benzene rings is 2. The van der Waals surface area contributed by atoms with Crippen LogP contribution in [-0.4, -0.2) is 55.7 Å². The Morgan fingerprint density at radius 2 is 1.57 bits per heavy atom. The molecule has 0 N–H and O–H groups in total. The Labute approximate surface area is 206 Å². The summed E-state index contributed by atoms with van der Waals surface area (Å²) in [5.41, 5.74) is 1.54. The van der Waals surface area contributed by atoms with Crippen molar-refractivity contribution in [2.75, 3.05) is 31.1 Å². The molecule has 1 aliphatic heterocycles. The van der Waals surface area contributed by atoms with E-state index in [9.17, 15) is 14.4 Å². The summed E-state index contributed by atoms with van der Waals surface area (Å²) in [4.78, 5) is 47.2. The van der Waals surface area contributed by atoms with Gasteiger partial charge in [0, 0.05) is 50.9 Å². The maximum Gasteiger partial charge on any atom is 0.332 e. The van der Waals surface area contributed by atoms with Crippen LogP contribution < -0.4 is 16.1 Å². The maximum absolute atomic E-state index is 13.1. The molecule has 1 fully saturated rings. The molecule has 0 spiro atoms. The zero-order chi connectivity index (χ0) is 24.7. The van der Waals surface area contributed by atoms with Gasteiger partial charge in [0.1, 0.15) is 0 Å². The number of rotatable bonds is 4. The van der Waals surface area contributed by atoms with E-state index in [2.05, 4.69) is 4.90 Å². The first-order chi connectivity index (χ1) is 16.8. The molecule has 1 amide bonds. The van der Waals surface area contributed by atoms with Gasteiger partial charge in [0.15, 0.2) is 11.2 Å². The van der Waals surface area contributed by atoms with Crippen LogP contribution in [0.1, 0.15) is 15.9 Å². The van der Waals surface area contributed by atoms with Gasteiger partial charge in [-0.05, 0) is 29.8 Å². The minimum Gasteiger partial charge on any atom is -0.339 e. The summed E-state index contributed by atoms with van der Waals surface area (Å²) in [5.74, 6) is 0.566. The molecular formula is C25H25ClN6O3. The molecule has 0 aliphatic carbocycles. The molecule has 180 valence electrons. The Morgan fingerprint density at radius 3 is 2.23 bits per heavy atom. The van der Waals surface area contributed by atoms with Crippen molar-refractivity contribution in [3.05, 3.63) is 91.6 Å². The molecule has 1 aliphatic rings. The number of hydrogen-bond acceptors (Lipinski definition) is 5. The van der Waals surface area contributed by atoms with Gasteiger partial charge >= 0.3 is 5.69 Å². The lowest BCUT2D eigenvalue weighted by molar-refractivity contribution is 0.0746. The fourth-order valence-electron chi connectivity index (χ4n) is 4.48. The topological polar surface area (TPSA) is 85.4 Å². The van der Waals surface area contributed by atoms with Crippen LogP contribution >= 0.6 is 11.6 Å². The van der Waals surface area contributed by atoms with Crippen LogP contribution in [0.5, 0.6) is 0 Å². The lowest BCUT2D eigenvalue weighted by Crippen LogP contribution is -2.49. The number of imidazole rings is 1. The molecule has 0 atom stereocenters. The molecule has 0 unspecified atom stereocenters. The molecule has 0 radical (unpaired) electrons. The quantitative estimate of drug-likeness (QED) is 0.435. The van der Waals surface area contributed by atoms with Gasteiger partial charge in [0.05, 0.1) is 6.54 Å². The predicted octanol–water partition coefficient (Wildman–Crippen LogP) is 2.10. The second-order valence-corrected chi connectivity index (χ2v) is 9.08. The van der Waals surface area contributed by atoms with Gasteiger partial charge in [-0.15, -0.1) is 0 Å². The highest BCUT2D eigenvalue weighted by atomic mass is 35.5. The number of nitrogens with zero attached hydrogens (tertiary/aromatic N) is 6. The minimum atomic E-state index is -0.420. The lowest BCUT2D eigenvalue weighted by Gasteiger charge is -2.35. The molecule has 4 aromatic rings. The normalized spacial score (nSPS) is 14.0. The number of piperazine rings is 1. The second-order valence-electron chi connectivity index (χ2n) is 8.65. The molecular weight excluding hydrogens is 468 g/mol. The van der Waals surface area contributed by atoms with Crippen LogP contribution in [0, 0.1) is 0 Å². The number of halogens is 1. The van der Waals surface area contributed by atoms with Crippen LogP contribution in [0.15, 0.2) is 64.2 Å². The third-order valence-electron chi connectivity index (χ3n) is 6.45. The minimum absolute atomic E-state index is 0.0460. The largest absolute Gasteiger partial charge is 0.339 e. The number of anilines is 1. The monoisotopic (exact) mass is 492 g/mol. The maximum atomic E-state index is 13.1. The molecule has 1 saturated heterocycles. The highest BCUT2D eigenvalue weighted by Gasteiger charge is 2.27. The van der Waals surface area contributed by atoms with Crippen molar-refractivity contribution in [1.82, 2.24) is 23.6 Å². The molecule has 0 bridgehead atoms. The number of fused-ring (bicyclic) bond motifs is 1. The summed E-state index contributed by atoms with van der Waals surface area (Å²) < 4.78 is 4.39. The third-order valence-corrected chi connectivity index (χ3v) is 6.70. The van der Waals surface area contributed by atoms with E-state index in [1.165, 1.54) is 11.6 Å². The summed E-state index contributed by atoms with van der Waals surface area (Å²) >= 11 is 5.95. The standard InChI is InChI=1S/C25H25ClN6O3/c1-28-21-20(23(34)29(2)25(28)35)32(16-17-6-4-3-5-7-17)24(27-21)31-14-12-30(13-15-31)22(33)18-8-10-19(26)11-9-18/h3-11H,12-16H2,1-2H3. The molecule has 9 nitrogen and oxygen atoms in total. The number of carbonyl (C=O) groups is 1. The molecule has 5 rings (SSSR count). The average molecular weight is 493 g/mol. The van der Waals surface area contributed by atoms with E-state index >= 15 is 0 Å². The number of hydrogen-bond donors (Lipinski definition) is 0. The third kappa shape index (κ3) is 4.12. The first-order valence-corrected chi connectivity index (χ1v) is 11.7. The second kappa shape index (κ2) is 9.07. The zero-order valence-corrected chi connectivity index (χ0v) is 20.3. The van der Waals surface area contributed by atoms with Gasteiger partial charge in [0.2, 0.25) is 5.95 Å². The highest BCUT2D eigenvalue weighted by Crippen LogP contribution is 2.23. The van der Waals surface area contributed by atoms with Crippen molar-refractivity contribution >= 4 is 34.6 Å². The zero-order valence-electron chi connectivity index (χ0n) is 19.5. The van der Waals surface area contributed by atoms with Crippen molar-refractivity contribution in [2.45, 2.75) is 6.54 Å². The van der Waals surface area contributed by atoms with E-state index in [-0.39, 0.29) is 11.5 Å². The van der Waals surface area contributed by atoms with Gasteiger partial charge in [-0.3, -0.25) is 23.3 Å². The molecule has 2 aromatic carbocycles. The summed E-state index contributed by atoms with van der Waals surface area (Å²) in [6.07, 6.45) is 0. The van der Waals surface area contributed by atoms with Crippen LogP contribution in [-0.2, 0) is 20.6 Å². The lowest BCUT2D eigenvalue weighted by atomic mass is 10.2. The Balaban J connectivity index is 1.50. The number of aromatic nitrogens is 4. The summed E-state index contributed by atoms with van der Waals surface area (Å²) in [5, 5.41) is 0.587. The SMILES string of the molecule is Cn1c(=O)c2c(nc(N3CCN(C(=O)c4ccc(Cl)cc4)CC3)n2Cc2ccccc2)n(C)c1=O. The van der Waals surface area contributed by atoms with Crippen LogP contribution in [0.4, 0.5) is 5.95 Å².